The predicted octanol–water partition coefficient (Wildman–Crippen LogP) is 2.45. The molecule has 0 aliphatic carbocycles. The average molecular weight is 329 g/mol. The Morgan fingerprint density at radius 2 is 1.95 bits per heavy atom. The Kier molecular flexibility index (Phi) is 6.21. The van der Waals surface area contributed by atoms with Gasteiger partial charge in [-0.25, -0.2) is 4.79 Å². The first-order chi connectivity index (χ1) is 9.12. The van der Waals surface area contributed by atoms with Crippen molar-refractivity contribution in [3.63, 3.8) is 0 Å². The van der Waals surface area contributed by atoms with E-state index in [4.69, 9.17) is 9.47 Å². The quantitative estimate of drug-likeness (QED) is 0.788. The summed E-state index contributed by atoms with van der Waals surface area (Å²) < 4.78 is 11.2. The molecule has 1 aromatic carbocycles. The van der Waals surface area contributed by atoms with Crippen LogP contribution in [-0.4, -0.2) is 26.8 Å². The maximum atomic E-state index is 11.4. The van der Waals surface area contributed by atoms with Crippen molar-refractivity contribution in [3.8, 4) is 11.5 Å². The van der Waals surface area contributed by atoms with Crippen molar-refractivity contribution in [2.45, 2.75) is 6.54 Å². The van der Waals surface area contributed by atoms with E-state index < -0.39 is 0 Å². The molecule has 2 amide bonds. The topological polar surface area (TPSA) is 59.6 Å². The largest absolute Gasteiger partial charge is 0.493 e. The molecule has 0 unspecified atom stereocenters. The van der Waals surface area contributed by atoms with Crippen LogP contribution in [0.25, 0.3) is 0 Å². The lowest BCUT2D eigenvalue weighted by molar-refractivity contribution is 0.241. The molecule has 0 aromatic heterocycles. The van der Waals surface area contributed by atoms with E-state index in [1.54, 1.807) is 26.4 Å². The number of amides is 2. The maximum absolute atomic E-state index is 11.4. The van der Waals surface area contributed by atoms with E-state index in [9.17, 15) is 4.79 Å². The Morgan fingerprint density at radius 3 is 2.53 bits per heavy atom. The molecule has 0 heterocycles. The molecule has 0 fully saturated rings. The predicted molar refractivity (Wildman–Crippen MR) is 77.7 cm³/mol. The van der Waals surface area contributed by atoms with Crippen LogP contribution in [0.15, 0.2) is 29.3 Å². The summed E-state index contributed by atoms with van der Waals surface area (Å²) in [6.45, 7) is 4.33. The monoisotopic (exact) mass is 328 g/mol. The fourth-order valence-electron chi connectivity index (χ4n) is 1.43. The van der Waals surface area contributed by atoms with Gasteiger partial charge in [0, 0.05) is 17.6 Å². The molecular formula is C13H17BrN2O3. The molecule has 1 aromatic rings. The van der Waals surface area contributed by atoms with Crippen molar-refractivity contribution in [2.75, 3.05) is 20.8 Å². The molecule has 104 valence electrons. The van der Waals surface area contributed by atoms with Gasteiger partial charge in [0.25, 0.3) is 0 Å². The molecule has 0 radical (unpaired) electrons. The van der Waals surface area contributed by atoms with Gasteiger partial charge in [-0.1, -0.05) is 22.0 Å². The molecule has 0 spiro atoms. The minimum atomic E-state index is -0.249. The van der Waals surface area contributed by atoms with Gasteiger partial charge >= 0.3 is 6.03 Å². The van der Waals surface area contributed by atoms with Crippen LogP contribution in [0, 0.1) is 0 Å². The number of carbonyl (C=O) groups is 1. The van der Waals surface area contributed by atoms with Gasteiger partial charge in [-0.05, 0) is 17.7 Å². The Balaban J connectivity index is 2.73. The van der Waals surface area contributed by atoms with Crippen LogP contribution in [0.3, 0.4) is 0 Å². The second-order valence-corrected chi connectivity index (χ2v) is 4.51. The number of hydrogen-bond donors (Lipinski definition) is 2. The van der Waals surface area contributed by atoms with Gasteiger partial charge in [0.2, 0.25) is 0 Å². The van der Waals surface area contributed by atoms with Crippen molar-refractivity contribution >= 4 is 22.0 Å². The van der Waals surface area contributed by atoms with Gasteiger partial charge in [-0.3, -0.25) is 0 Å². The van der Waals surface area contributed by atoms with Gasteiger partial charge in [0.15, 0.2) is 11.5 Å². The average Bonchev–Trinajstić information content (AvgIpc) is 2.43. The standard InChI is InChI=1S/C13H17BrN2O3/c1-4-5-15-13(17)16-8-9-6-11(18-2)12(19-3)7-10(9)14/h4,6-7H,1,5,8H2,2-3H3,(H2,15,16,17). The van der Waals surface area contributed by atoms with Crippen molar-refractivity contribution in [1.29, 1.82) is 0 Å². The van der Waals surface area contributed by atoms with Crippen LogP contribution in [0.1, 0.15) is 5.56 Å². The molecule has 5 nitrogen and oxygen atoms in total. The number of rotatable bonds is 6. The highest BCUT2D eigenvalue weighted by Crippen LogP contribution is 2.33. The number of benzene rings is 1. The molecule has 0 saturated heterocycles. The van der Waals surface area contributed by atoms with Crippen LogP contribution >= 0.6 is 15.9 Å². The molecule has 2 N–H and O–H groups in total. The van der Waals surface area contributed by atoms with E-state index in [0.29, 0.717) is 24.6 Å². The summed E-state index contributed by atoms with van der Waals surface area (Å²) in [4.78, 5) is 11.4. The van der Waals surface area contributed by atoms with Crippen molar-refractivity contribution in [3.05, 3.63) is 34.8 Å². The molecule has 19 heavy (non-hydrogen) atoms. The van der Waals surface area contributed by atoms with Gasteiger partial charge < -0.3 is 20.1 Å². The van der Waals surface area contributed by atoms with Crippen molar-refractivity contribution < 1.29 is 14.3 Å². The van der Waals surface area contributed by atoms with E-state index in [1.807, 2.05) is 6.07 Å². The van der Waals surface area contributed by atoms with Gasteiger partial charge in [0.05, 0.1) is 14.2 Å². The highest BCUT2D eigenvalue weighted by molar-refractivity contribution is 9.10. The van der Waals surface area contributed by atoms with Crippen LogP contribution in [-0.2, 0) is 6.54 Å². The lowest BCUT2D eigenvalue weighted by Gasteiger charge is -2.12. The number of hydrogen-bond acceptors (Lipinski definition) is 3. The summed E-state index contributed by atoms with van der Waals surface area (Å²) in [5.74, 6) is 1.25. The number of ether oxygens (including phenoxy) is 2. The highest BCUT2D eigenvalue weighted by atomic mass is 79.9. The summed E-state index contributed by atoms with van der Waals surface area (Å²) >= 11 is 3.43. The van der Waals surface area contributed by atoms with Crippen LogP contribution in [0.4, 0.5) is 4.79 Å². The van der Waals surface area contributed by atoms with Crippen LogP contribution in [0.2, 0.25) is 0 Å². The third-order valence-corrected chi connectivity index (χ3v) is 3.14. The molecule has 0 saturated carbocycles. The normalized spacial score (nSPS) is 9.63. The maximum Gasteiger partial charge on any atom is 0.315 e. The van der Waals surface area contributed by atoms with Crippen molar-refractivity contribution in [2.24, 2.45) is 0 Å². The number of halogens is 1. The zero-order valence-electron chi connectivity index (χ0n) is 11.0. The molecular weight excluding hydrogens is 312 g/mol. The van der Waals surface area contributed by atoms with E-state index in [2.05, 4.69) is 33.1 Å². The zero-order chi connectivity index (χ0) is 14.3. The minimum Gasteiger partial charge on any atom is -0.493 e. The summed E-state index contributed by atoms with van der Waals surface area (Å²) in [5, 5.41) is 5.37. The van der Waals surface area contributed by atoms with Gasteiger partial charge in [-0.15, -0.1) is 6.58 Å². The minimum absolute atomic E-state index is 0.249. The number of nitrogens with one attached hydrogen (secondary N) is 2. The summed E-state index contributed by atoms with van der Waals surface area (Å²) in [5.41, 5.74) is 0.895. The first-order valence-electron chi connectivity index (χ1n) is 5.65. The Labute approximate surface area is 121 Å². The van der Waals surface area contributed by atoms with E-state index in [-0.39, 0.29) is 6.03 Å². The first-order valence-corrected chi connectivity index (χ1v) is 6.44. The van der Waals surface area contributed by atoms with Gasteiger partial charge in [-0.2, -0.15) is 0 Å². The zero-order valence-corrected chi connectivity index (χ0v) is 12.5. The smallest absolute Gasteiger partial charge is 0.315 e. The highest BCUT2D eigenvalue weighted by Gasteiger charge is 2.10. The van der Waals surface area contributed by atoms with E-state index >= 15 is 0 Å². The molecule has 1 rings (SSSR count). The lowest BCUT2D eigenvalue weighted by Crippen LogP contribution is -2.35. The summed E-state index contributed by atoms with van der Waals surface area (Å²) in [6.07, 6.45) is 1.62. The van der Waals surface area contributed by atoms with Crippen LogP contribution in [0.5, 0.6) is 11.5 Å². The molecule has 0 atom stereocenters. The summed E-state index contributed by atoms with van der Waals surface area (Å²) in [6, 6.07) is 3.37. The molecule has 6 heteroatoms. The fourth-order valence-corrected chi connectivity index (χ4v) is 1.90. The first kappa shape index (κ1) is 15.4. The Hall–Kier alpha value is -1.69. The van der Waals surface area contributed by atoms with Gasteiger partial charge in [0.1, 0.15) is 0 Å². The second kappa shape index (κ2) is 7.68. The van der Waals surface area contributed by atoms with E-state index in [1.165, 1.54) is 0 Å². The summed E-state index contributed by atoms with van der Waals surface area (Å²) in [7, 11) is 3.14. The van der Waals surface area contributed by atoms with Crippen molar-refractivity contribution in [1.82, 2.24) is 10.6 Å². The Morgan fingerprint density at radius 1 is 1.32 bits per heavy atom. The van der Waals surface area contributed by atoms with E-state index in [0.717, 1.165) is 10.0 Å². The van der Waals surface area contributed by atoms with Crippen LogP contribution < -0.4 is 20.1 Å². The lowest BCUT2D eigenvalue weighted by atomic mass is 10.2. The number of methoxy groups -OCH3 is 2. The Bertz CT molecular complexity index is 463. The number of urea groups is 1. The fraction of sp³-hybridized carbons (Fsp3) is 0.308. The second-order valence-electron chi connectivity index (χ2n) is 3.65. The molecule has 0 bridgehead atoms. The molecule has 0 aliphatic heterocycles. The third-order valence-electron chi connectivity index (χ3n) is 2.40. The number of carbonyl (C=O) groups excluding carboxylic acids is 1. The third kappa shape index (κ3) is 4.48. The molecule has 0 aliphatic rings. The SMILES string of the molecule is C=CCNC(=O)NCc1cc(OC)c(OC)cc1Br.